The molecule has 0 atom stereocenters. The molecule has 0 aliphatic carbocycles. The molecule has 0 spiro atoms. The average molecular weight is 299 g/mol. The monoisotopic (exact) mass is 299 g/mol. The van der Waals surface area contributed by atoms with E-state index < -0.39 is 0 Å². The van der Waals surface area contributed by atoms with Crippen LogP contribution in [-0.4, -0.2) is 13.1 Å². The van der Waals surface area contributed by atoms with Gasteiger partial charge in [-0.15, -0.1) is 0 Å². The molecule has 1 heteroatoms. The minimum absolute atomic E-state index is 1.16. The number of nitrogens with zero attached hydrogens (tertiary/aromatic N) is 1. The van der Waals surface area contributed by atoms with Crippen LogP contribution in [0, 0.1) is 0 Å². The SMILES string of the molecule is c1ccc(-c2cccc(-c3ccccc3)c2N2CCCC2)cc1. The molecule has 0 amide bonds. The highest BCUT2D eigenvalue weighted by Crippen LogP contribution is 2.40. The summed E-state index contributed by atoms with van der Waals surface area (Å²) >= 11 is 0. The van der Waals surface area contributed by atoms with Gasteiger partial charge < -0.3 is 4.90 Å². The van der Waals surface area contributed by atoms with Crippen molar-refractivity contribution in [3.8, 4) is 22.3 Å². The van der Waals surface area contributed by atoms with Crippen molar-refractivity contribution in [2.24, 2.45) is 0 Å². The molecule has 3 aromatic carbocycles. The van der Waals surface area contributed by atoms with Crippen LogP contribution in [0.3, 0.4) is 0 Å². The molecule has 1 saturated heterocycles. The molecule has 1 heterocycles. The van der Waals surface area contributed by atoms with E-state index in [9.17, 15) is 0 Å². The van der Waals surface area contributed by atoms with Gasteiger partial charge in [0.15, 0.2) is 0 Å². The molecular formula is C22H21N. The lowest BCUT2D eigenvalue weighted by Crippen LogP contribution is -2.19. The van der Waals surface area contributed by atoms with Crippen LogP contribution < -0.4 is 4.90 Å². The number of hydrogen-bond donors (Lipinski definition) is 0. The van der Waals surface area contributed by atoms with Gasteiger partial charge in [-0.1, -0.05) is 78.9 Å². The van der Waals surface area contributed by atoms with Crippen molar-refractivity contribution in [1.82, 2.24) is 0 Å². The van der Waals surface area contributed by atoms with Crippen LogP contribution in [0.25, 0.3) is 22.3 Å². The minimum Gasteiger partial charge on any atom is -0.371 e. The van der Waals surface area contributed by atoms with E-state index in [0.717, 1.165) is 13.1 Å². The van der Waals surface area contributed by atoms with E-state index in [2.05, 4.69) is 83.8 Å². The molecule has 3 aromatic rings. The molecule has 0 bridgehead atoms. The summed E-state index contributed by atoms with van der Waals surface area (Å²) < 4.78 is 0. The van der Waals surface area contributed by atoms with Crippen LogP contribution in [0.15, 0.2) is 78.9 Å². The van der Waals surface area contributed by atoms with Crippen molar-refractivity contribution in [3.05, 3.63) is 78.9 Å². The van der Waals surface area contributed by atoms with Crippen molar-refractivity contribution in [2.45, 2.75) is 12.8 Å². The first-order valence-electron chi connectivity index (χ1n) is 8.42. The first-order valence-corrected chi connectivity index (χ1v) is 8.42. The van der Waals surface area contributed by atoms with Crippen molar-refractivity contribution in [1.29, 1.82) is 0 Å². The second-order valence-corrected chi connectivity index (χ2v) is 6.13. The third-order valence-electron chi connectivity index (χ3n) is 4.63. The average Bonchev–Trinajstić information content (AvgIpc) is 3.17. The molecule has 1 aliphatic rings. The van der Waals surface area contributed by atoms with Crippen LogP contribution in [0.5, 0.6) is 0 Å². The molecule has 1 nitrogen and oxygen atoms in total. The number of anilines is 1. The van der Waals surface area contributed by atoms with Crippen LogP contribution >= 0.6 is 0 Å². The Morgan fingerprint density at radius 2 is 1.00 bits per heavy atom. The van der Waals surface area contributed by atoms with E-state index in [1.807, 2.05) is 0 Å². The molecule has 0 saturated carbocycles. The molecule has 23 heavy (non-hydrogen) atoms. The summed E-state index contributed by atoms with van der Waals surface area (Å²) in [6, 6.07) is 28.2. The summed E-state index contributed by atoms with van der Waals surface area (Å²) in [6.07, 6.45) is 2.58. The first kappa shape index (κ1) is 14.1. The third-order valence-corrected chi connectivity index (χ3v) is 4.63. The highest BCUT2D eigenvalue weighted by atomic mass is 15.1. The van der Waals surface area contributed by atoms with Gasteiger partial charge in [0.2, 0.25) is 0 Å². The van der Waals surface area contributed by atoms with Gasteiger partial charge in [-0.05, 0) is 24.0 Å². The third kappa shape index (κ3) is 2.75. The highest BCUT2D eigenvalue weighted by molar-refractivity contribution is 5.91. The zero-order valence-electron chi connectivity index (χ0n) is 13.3. The summed E-state index contributed by atoms with van der Waals surface area (Å²) in [5.74, 6) is 0. The molecule has 114 valence electrons. The number of benzene rings is 3. The highest BCUT2D eigenvalue weighted by Gasteiger charge is 2.20. The van der Waals surface area contributed by atoms with E-state index in [4.69, 9.17) is 0 Å². The Morgan fingerprint density at radius 1 is 0.522 bits per heavy atom. The predicted molar refractivity (Wildman–Crippen MR) is 98.8 cm³/mol. The van der Waals surface area contributed by atoms with Crippen molar-refractivity contribution >= 4 is 5.69 Å². The fourth-order valence-corrected chi connectivity index (χ4v) is 3.53. The number of hydrogen-bond acceptors (Lipinski definition) is 1. The molecule has 1 aliphatic heterocycles. The summed E-state index contributed by atoms with van der Waals surface area (Å²) in [5, 5.41) is 0. The van der Waals surface area contributed by atoms with E-state index in [0.29, 0.717) is 0 Å². The summed E-state index contributed by atoms with van der Waals surface area (Å²) in [5.41, 5.74) is 6.67. The number of para-hydroxylation sites is 1. The van der Waals surface area contributed by atoms with Gasteiger partial charge in [0.05, 0.1) is 5.69 Å². The summed E-state index contributed by atoms with van der Waals surface area (Å²) in [6.45, 7) is 2.31. The molecule has 4 rings (SSSR count). The van der Waals surface area contributed by atoms with Crippen LogP contribution in [0.4, 0.5) is 5.69 Å². The maximum Gasteiger partial charge on any atom is 0.0525 e. The van der Waals surface area contributed by atoms with Crippen LogP contribution in [0.1, 0.15) is 12.8 Å². The van der Waals surface area contributed by atoms with Gasteiger partial charge in [-0.3, -0.25) is 0 Å². The largest absolute Gasteiger partial charge is 0.371 e. The van der Waals surface area contributed by atoms with Crippen molar-refractivity contribution in [3.63, 3.8) is 0 Å². The normalized spacial score (nSPS) is 14.2. The van der Waals surface area contributed by atoms with Gasteiger partial charge in [0.1, 0.15) is 0 Å². The van der Waals surface area contributed by atoms with E-state index in [-0.39, 0.29) is 0 Å². The zero-order chi connectivity index (χ0) is 15.5. The molecule has 1 fully saturated rings. The Hall–Kier alpha value is -2.54. The lowest BCUT2D eigenvalue weighted by Gasteiger charge is -2.25. The summed E-state index contributed by atoms with van der Waals surface area (Å²) in [4.78, 5) is 2.56. The Bertz CT molecular complexity index is 714. The van der Waals surface area contributed by atoms with Gasteiger partial charge in [0, 0.05) is 24.2 Å². The Morgan fingerprint density at radius 3 is 1.48 bits per heavy atom. The lowest BCUT2D eigenvalue weighted by atomic mass is 9.95. The maximum absolute atomic E-state index is 2.56. The molecular weight excluding hydrogens is 278 g/mol. The summed E-state index contributed by atoms with van der Waals surface area (Å²) in [7, 11) is 0. The molecule has 0 N–H and O–H groups in total. The van der Waals surface area contributed by atoms with Crippen LogP contribution in [0.2, 0.25) is 0 Å². The second kappa shape index (κ2) is 6.29. The van der Waals surface area contributed by atoms with E-state index in [1.54, 1.807) is 0 Å². The minimum atomic E-state index is 1.16. The smallest absolute Gasteiger partial charge is 0.0525 e. The van der Waals surface area contributed by atoms with Gasteiger partial charge in [0.25, 0.3) is 0 Å². The quantitative estimate of drug-likeness (QED) is 0.606. The van der Waals surface area contributed by atoms with E-state index in [1.165, 1.54) is 40.8 Å². The molecule has 0 unspecified atom stereocenters. The first-order chi connectivity index (χ1) is 11.4. The van der Waals surface area contributed by atoms with Gasteiger partial charge in [-0.25, -0.2) is 0 Å². The Labute approximate surface area is 138 Å². The number of rotatable bonds is 3. The topological polar surface area (TPSA) is 3.24 Å². The Kier molecular flexibility index (Phi) is 3.85. The second-order valence-electron chi connectivity index (χ2n) is 6.13. The standard InChI is InChI=1S/C22H21N/c1-3-10-18(11-4-1)20-14-9-15-21(19-12-5-2-6-13-19)22(20)23-16-7-8-17-23/h1-6,9-15H,7-8,16-17H2. The fourth-order valence-electron chi connectivity index (χ4n) is 3.53. The maximum atomic E-state index is 2.56. The van der Waals surface area contributed by atoms with Gasteiger partial charge in [-0.2, -0.15) is 0 Å². The van der Waals surface area contributed by atoms with E-state index >= 15 is 0 Å². The van der Waals surface area contributed by atoms with Crippen molar-refractivity contribution in [2.75, 3.05) is 18.0 Å². The van der Waals surface area contributed by atoms with Gasteiger partial charge >= 0.3 is 0 Å². The zero-order valence-corrected chi connectivity index (χ0v) is 13.3. The predicted octanol–water partition coefficient (Wildman–Crippen LogP) is 5.62. The fraction of sp³-hybridized carbons (Fsp3) is 0.182. The molecule has 0 radical (unpaired) electrons. The van der Waals surface area contributed by atoms with Crippen LogP contribution in [-0.2, 0) is 0 Å². The molecule has 0 aromatic heterocycles. The van der Waals surface area contributed by atoms with Crippen molar-refractivity contribution < 1.29 is 0 Å². The lowest BCUT2D eigenvalue weighted by molar-refractivity contribution is 0.949. The Balaban J connectivity index is 1.93.